The maximum Gasteiger partial charge on any atom is 0.410 e. The highest BCUT2D eigenvalue weighted by Gasteiger charge is 2.19. The van der Waals surface area contributed by atoms with Crippen LogP contribution in [0.2, 0.25) is 0 Å². The number of nitrogens with one attached hydrogen (secondary N) is 1. The van der Waals surface area contributed by atoms with E-state index in [4.69, 9.17) is 19.7 Å². The molecule has 0 aromatic heterocycles. The van der Waals surface area contributed by atoms with Gasteiger partial charge >= 0.3 is 6.09 Å². The molecule has 0 unspecified atom stereocenters. The number of hydrogen-bond donors (Lipinski definition) is 5. The quantitative estimate of drug-likeness (QED) is 0.109. The lowest BCUT2D eigenvalue weighted by atomic mass is 10.0. The molecule has 0 aromatic carbocycles. The summed E-state index contributed by atoms with van der Waals surface area (Å²) in [4.78, 5) is 14.1. The first kappa shape index (κ1) is 32.5. The van der Waals surface area contributed by atoms with Gasteiger partial charge < -0.3 is 40.1 Å². The van der Waals surface area contributed by atoms with Crippen LogP contribution in [0.3, 0.4) is 0 Å². The van der Waals surface area contributed by atoms with E-state index in [2.05, 4.69) is 25.7 Å². The molecule has 0 aliphatic carbocycles. The van der Waals surface area contributed by atoms with Gasteiger partial charge in [0.25, 0.3) is 0 Å². The van der Waals surface area contributed by atoms with Gasteiger partial charge in [-0.3, -0.25) is 0 Å². The number of nitrogens with zero attached hydrogens (tertiary/aromatic N) is 1. The van der Waals surface area contributed by atoms with Crippen LogP contribution in [0.4, 0.5) is 4.79 Å². The van der Waals surface area contributed by atoms with Gasteiger partial charge in [0.1, 0.15) is 12.2 Å². The van der Waals surface area contributed by atoms with Crippen LogP contribution in [-0.2, 0) is 9.47 Å². The molecule has 202 valence electrons. The lowest BCUT2D eigenvalue weighted by Gasteiger charge is -2.25. The number of rotatable bonds is 23. The van der Waals surface area contributed by atoms with Crippen molar-refractivity contribution in [2.45, 2.75) is 90.3 Å². The predicted molar refractivity (Wildman–Crippen MR) is 133 cm³/mol. The van der Waals surface area contributed by atoms with E-state index < -0.39 is 31.5 Å². The van der Waals surface area contributed by atoms with Crippen LogP contribution in [0.15, 0.2) is 12.5 Å². The van der Waals surface area contributed by atoms with E-state index in [0.29, 0.717) is 26.1 Å². The summed E-state index contributed by atoms with van der Waals surface area (Å²) in [6.07, 6.45) is 9.11. The molecule has 0 saturated carbocycles. The molecule has 5 N–H and O–H groups in total. The van der Waals surface area contributed by atoms with Crippen molar-refractivity contribution in [2.24, 2.45) is 5.92 Å². The fourth-order valence-corrected chi connectivity index (χ4v) is 3.43. The third-order valence-corrected chi connectivity index (χ3v) is 5.54. The Morgan fingerprint density at radius 2 is 1.24 bits per heavy atom. The normalized spacial score (nSPS) is 11.3. The summed E-state index contributed by atoms with van der Waals surface area (Å²) in [5.74, 6) is 1.03. The lowest BCUT2D eigenvalue weighted by Crippen LogP contribution is -2.38. The highest BCUT2D eigenvalue weighted by atomic mass is 16.6. The molecule has 0 aliphatic heterocycles. The Morgan fingerprint density at radius 3 is 1.76 bits per heavy atom. The molecular formula is C25H50N2O7. The first-order valence-corrected chi connectivity index (χ1v) is 12.9. The molecule has 0 radical (unpaired) electrons. The van der Waals surface area contributed by atoms with Crippen molar-refractivity contribution in [3.8, 4) is 0 Å². The summed E-state index contributed by atoms with van der Waals surface area (Å²) >= 11 is 0. The molecule has 0 fully saturated rings. The van der Waals surface area contributed by atoms with Crippen molar-refractivity contribution in [1.82, 2.24) is 10.2 Å². The second kappa shape index (κ2) is 21.9. The maximum atomic E-state index is 12.5. The van der Waals surface area contributed by atoms with Gasteiger partial charge in [-0.25, -0.2) is 4.79 Å². The molecule has 0 heterocycles. The third kappa shape index (κ3) is 17.9. The van der Waals surface area contributed by atoms with Gasteiger partial charge in [-0.2, -0.15) is 0 Å². The summed E-state index contributed by atoms with van der Waals surface area (Å²) in [5.41, 5.74) is 0. The topological polar surface area (TPSA) is 132 Å². The summed E-state index contributed by atoms with van der Waals surface area (Å²) in [6.45, 7) is 8.20. The minimum absolute atomic E-state index is 0.243. The van der Waals surface area contributed by atoms with Gasteiger partial charge in [0.2, 0.25) is 0 Å². The summed E-state index contributed by atoms with van der Waals surface area (Å²) in [7, 11) is 0. The average Bonchev–Trinajstić information content (AvgIpc) is 2.82. The van der Waals surface area contributed by atoms with Crippen molar-refractivity contribution in [3.05, 3.63) is 12.5 Å². The van der Waals surface area contributed by atoms with E-state index in [9.17, 15) is 15.0 Å². The van der Waals surface area contributed by atoms with Gasteiger partial charge in [0.15, 0.2) is 5.88 Å². The minimum Gasteiger partial charge on any atom is -0.472 e. The standard InChI is InChI=1S/C25H50N2O7/c1-21(2)13-10-8-6-4-5-7-9-11-15-27(25(32)34-24(19-30)20-31)16-12-14-26-22(3)33-23(17-28)18-29/h21,23-24,26,28-31H,3-20H2,1-2H3. The Labute approximate surface area is 206 Å². The third-order valence-electron chi connectivity index (χ3n) is 5.54. The first-order chi connectivity index (χ1) is 16.4. The number of carbonyl (C=O) groups is 1. The molecule has 0 saturated heterocycles. The van der Waals surface area contributed by atoms with Crippen LogP contribution >= 0.6 is 0 Å². The summed E-state index contributed by atoms with van der Waals surface area (Å²) < 4.78 is 10.5. The second-order valence-corrected chi connectivity index (χ2v) is 9.18. The molecule has 0 bridgehead atoms. The number of aliphatic hydroxyl groups excluding tert-OH is 4. The second-order valence-electron chi connectivity index (χ2n) is 9.18. The van der Waals surface area contributed by atoms with Crippen molar-refractivity contribution in [1.29, 1.82) is 0 Å². The molecule has 1 amide bonds. The number of carbonyl (C=O) groups excluding carboxylic acids is 1. The number of ether oxygens (including phenoxy) is 2. The first-order valence-electron chi connectivity index (χ1n) is 12.9. The van der Waals surface area contributed by atoms with Crippen LogP contribution in [0.1, 0.15) is 78.1 Å². The number of aliphatic hydroxyl groups is 4. The van der Waals surface area contributed by atoms with Gasteiger partial charge in [0, 0.05) is 19.6 Å². The van der Waals surface area contributed by atoms with Gasteiger partial charge in [-0.15, -0.1) is 0 Å². The summed E-state index contributed by atoms with van der Waals surface area (Å²) in [5, 5.41) is 39.4. The monoisotopic (exact) mass is 490 g/mol. The number of amides is 1. The van der Waals surface area contributed by atoms with Gasteiger partial charge in [-0.05, 0) is 25.3 Å². The van der Waals surface area contributed by atoms with E-state index in [1.165, 1.54) is 38.5 Å². The summed E-state index contributed by atoms with van der Waals surface area (Å²) in [6, 6.07) is 0. The average molecular weight is 491 g/mol. The van der Waals surface area contributed by atoms with Crippen molar-refractivity contribution < 1.29 is 34.7 Å². The highest BCUT2D eigenvalue weighted by Crippen LogP contribution is 2.13. The van der Waals surface area contributed by atoms with Crippen LogP contribution < -0.4 is 5.32 Å². The molecule has 0 atom stereocenters. The zero-order chi connectivity index (χ0) is 25.6. The smallest absolute Gasteiger partial charge is 0.410 e. The van der Waals surface area contributed by atoms with E-state index in [1.807, 2.05) is 0 Å². The Balaban J connectivity index is 4.27. The largest absolute Gasteiger partial charge is 0.472 e. The fraction of sp³-hybridized carbons (Fsp3) is 0.880. The number of hydrogen-bond acceptors (Lipinski definition) is 8. The van der Waals surface area contributed by atoms with E-state index >= 15 is 0 Å². The van der Waals surface area contributed by atoms with Gasteiger partial charge in [-0.1, -0.05) is 65.2 Å². The Kier molecular flexibility index (Phi) is 20.9. The molecule has 0 rings (SSSR count). The molecule has 9 heteroatoms. The van der Waals surface area contributed by atoms with Crippen LogP contribution in [0.25, 0.3) is 0 Å². The van der Waals surface area contributed by atoms with Crippen molar-refractivity contribution in [3.63, 3.8) is 0 Å². The molecule has 34 heavy (non-hydrogen) atoms. The number of unbranched alkanes of at least 4 members (excludes halogenated alkanes) is 7. The Bertz CT molecular complexity index is 498. The zero-order valence-corrected chi connectivity index (χ0v) is 21.4. The Morgan fingerprint density at radius 1 is 0.765 bits per heavy atom. The van der Waals surface area contributed by atoms with Crippen molar-refractivity contribution >= 4 is 6.09 Å². The maximum absolute atomic E-state index is 12.5. The van der Waals surface area contributed by atoms with Crippen LogP contribution in [-0.4, -0.2) is 89.7 Å². The fourth-order valence-electron chi connectivity index (χ4n) is 3.43. The zero-order valence-electron chi connectivity index (χ0n) is 21.4. The van der Waals surface area contributed by atoms with Crippen molar-refractivity contribution in [2.75, 3.05) is 46.1 Å². The van der Waals surface area contributed by atoms with E-state index in [0.717, 1.165) is 25.2 Å². The highest BCUT2D eigenvalue weighted by molar-refractivity contribution is 5.67. The molecule has 0 aliphatic rings. The molecular weight excluding hydrogens is 440 g/mol. The van der Waals surface area contributed by atoms with E-state index in [-0.39, 0.29) is 19.1 Å². The lowest BCUT2D eigenvalue weighted by molar-refractivity contribution is 0.00388. The molecule has 0 spiro atoms. The predicted octanol–water partition coefficient (Wildman–Crippen LogP) is 2.77. The molecule has 0 aromatic rings. The Hall–Kier alpha value is -1.55. The van der Waals surface area contributed by atoms with Crippen LogP contribution in [0, 0.1) is 5.92 Å². The van der Waals surface area contributed by atoms with Gasteiger partial charge in [0.05, 0.1) is 26.4 Å². The SMILES string of the molecule is C=C(NCCCN(CCCCCCCCCCC(C)C)C(=O)OC(CO)CO)OC(CO)CO. The minimum atomic E-state index is -0.925. The van der Waals surface area contributed by atoms with E-state index in [1.54, 1.807) is 4.90 Å². The molecule has 9 nitrogen and oxygen atoms in total. The van der Waals surface area contributed by atoms with Crippen LogP contribution in [0.5, 0.6) is 0 Å².